The average molecular weight is 785 g/mol. The van der Waals surface area contributed by atoms with Crippen molar-refractivity contribution < 1.29 is 28.8 Å². The summed E-state index contributed by atoms with van der Waals surface area (Å²) in [5.74, 6) is -4.92. The SMILES string of the molecule is CCC[C@@H](NC(=O)[C@H]1CN(C(=O)[C@H](NC(=O)[C@@H](NC(=O)c2cnccn2)C2CCCCC2)C(C)(C)C)C[C@@H]1c1ccc(Cl)cc1Cl)C(=O)C(=O)NC1CC1. The van der Waals surface area contributed by atoms with Crippen molar-refractivity contribution >= 4 is 58.5 Å². The molecule has 2 aliphatic carbocycles. The van der Waals surface area contributed by atoms with Crippen LogP contribution in [0.4, 0.5) is 0 Å². The molecule has 1 saturated heterocycles. The smallest absolute Gasteiger partial charge is 0.289 e. The number of halogens is 2. The summed E-state index contributed by atoms with van der Waals surface area (Å²) in [6.07, 6.45) is 11.0. The van der Waals surface area contributed by atoms with Gasteiger partial charge >= 0.3 is 0 Å². The van der Waals surface area contributed by atoms with Gasteiger partial charge in [-0.3, -0.25) is 33.8 Å². The minimum Gasteiger partial charge on any atom is -0.347 e. The number of nitrogens with one attached hydrogen (secondary N) is 4. The van der Waals surface area contributed by atoms with Crippen molar-refractivity contribution in [2.45, 2.75) is 116 Å². The van der Waals surface area contributed by atoms with Crippen LogP contribution in [0.5, 0.6) is 0 Å². The number of Topliss-reactive ketones (excluding diaryl/α,β-unsaturated/α-hetero) is 1. The maximum Gasteiger partial charge on any atom is 0.289 e. The summed E-state index contributed by atoms with van der Waals surface area (Å²) >= 11 is 12.9. The first-order valence-electron chi connectivity index (χ1n) is 18.9. The number of nitrogens with zero attached hydrogens (tertiary/aromatic N) is 3. The van der Waals surface area contributed by atoms with Gasteiger partial charge in [-0.1, -0.05) is 82.6 Å². The summed E-state index contributed by atoms with van der Waals surface area (Å²) < 4.78 is 0. The van der Waals surface area contributed by atoms with E-state index < -0.39 is 70.7 Å². The van der Waals surface area contributed by atoms with E-state index >= 15 is 0 Å². The molecule has 15 heteroatoms. The molecule has 2 aromatic rings. The van der Waals surface area contributed by atoms with Crippen LogP contribution >= 0.6 is 23.2 Å². The van der Waals surface area contributed by atoms with Crippen LogP contribution in [0.3, 0.4) is 0 Å². The molecular weight excluding hydrogens is 733 g/mol. The Bertz CT molecular complexity index is 1710. The molecule has 1 aromatic heterocycles. The molecule has 3 aliphatic rings. The molecule has 3 fully saturated rings. The summed E-state index contributed by atoms with van der Waals surface area (Å²) in [6.45, 7) is 7.43. The lowest BCUT2D eigenvalue weighted by molar-refractivity contribution is -0.141. The van der Waals surface area contributed by atoms with Gasteiger partial charge in [-0.25, -0.2) is 4.98 Å². The molecule has 5 amide bonds. The van der Waals surface area contributed by atoms with E-state index in [4.69, 9.17) is 23.2 Å². The highest BCUT2D eigenvalue weighted by Crippen LogP contribution is 2.39. The number of hydrogen-bond donors (Lipinski definition) is 4. The third kappa shape index (κ3) is 10.3. The largest absolute Gasteiger partial charge is 0.347 e. The monoisotopic (exact) mass is 783 g/mol. The number of carbonyl (C=O) groups excluding carboxylic acids is 6. The van der Waals surface area contributed by atoms with E-state index in [1.165, 1.54) is 18.6 Å². The number of benzene rings is 1. The molecule has 292 valence electrons. The Hall–Kier alpha value is -4.10. The second-order valence-corrected chi connectivity index (χ2v) is 16.7. The van der Waals surface area contributed by atoms with E-state index in [1.54, 1.807) is 23.1 Å². The third-order valence-electron chi connectivity index (χ3n) is 10.6. The van der Waals surface area contributed by atoms with Crippen molar-refractivity contribution in [2.24, 2.45) is 17.3 Å². The summed E-state index contributed by atoms with van der Waals surface area (Å²) in [7, 11) is 0. The van der Waals surface area contributed by atoms with E-state index in [9.17, 15) is 28.8 Å². The lowest BCUT2D eigenvalue weighted by atomic mass is 9.82. The topological polar surface area (TPSA) is 180 Å². The lowest BCUT2D eigenvalue weighted by Gasteiger charge is -2.36. The third-order valence-corrected chi connectivity index (χ3v) is 11.1. The molecule has 0 unspecified atom stereocenters. The zero-order valence-corrected chi connectivity index (χ0v) is 32.8. The van der Waals surface area contributed by atoms with Gasteiger partial charge in [-0.15, -0.1) is 0 Å². The van der Waals surface area contributed by atoms with Gasteiger partial charge in [-0.2, -0.15) is 0 Å². The van der Waals surface area contributed by atoms with E-state index in [0.717, 1.165) is 44.9 Å². The predicted octanol–water partition coefficient (Wildman–Crippen LogP) is 4.37. The minimum absolute atomic E-state index is 0.0195. The molecule has 5 rings (SSSR count). The van der Waals surface area contributed by atoms with Gasteiger partial charge in [0.1, 0.15) is 17.8 Å². The van der Waals surface area contributed by atoms with Crippen LogP contribution in [-0.2, 0) is 24.0 Å². The van der Waals surface area contributed by atoms with Gasteiger partial charge in [0.15, 0.2) is 0 Å². The molecule has 1 aromatic carbocycles. The van der Waals surface area contributed by atoms with Crippen LogP contribution in [0.2, 0.25) is 10.0 Å². The highest BCUT2D eigenvalue weighted by Gasteiger charge is 2.46. The molecule has 0 bridgehead atoms. The standard InChI is InChI=1S/C39H51Cl2N7O6/c1-5-9-29(32(49)37(53)44-24-13-14-24)45-34(50)27-21-48(20-26(27)25-15-12-23(40)18-28(25)41)38(54)33(39(2,3)4)47-36(52)31(22-10-7-6-8-11-22)46-35(51)30-19-42-16-17-43-30/h12,15-19,22,24,26-27,29,31,33H,5-11,13-14,20-21H2,1-4H3,(H,44,53)(H,45,50)(H,46,51)(H,47,52)/t26-,27+,29-,31+,33+/m1/s1. The minimum atomic E-state index is -1.04. The first-order chi connectivity index (χ1) is 25.7. The number of amides is 5. The maximum absolute atomic E-state index is 14.6. The van der Waals surface area contributed by atoms with Crippen LogP contribution in [0.15, 0.2) is 36.8 Å². The Morgan fingerprint density at radius 3 is 2.26 bits per heavy atom. The summed E-state index contributed by atoms with van der Waals surface area (Å²) in [4.78, 5) is 91.6. The highest BCUT2D eigenvalue weighted by atomic mass is 35.5. The first kappa shape index (κ1) is 41.1. The zero-order valence-electron chi connectivity index (χ0n) is 31.3. The summed E-state index contributed by atoms with van der Waals surface area (Å²) in [5, 5.41) is 12.1. The van der Waals surface area contributed by atoms with Crippen LogP contribution in [0.1, 0.15) is 107 Å². The van der Waals surface area contributed by atoms with Crippen molar-refractivity contribution in [2.75, 3.05) is 13.1 Å². The Labute approximate surface area is 326 Å². The fraction of sp³-hybridized carbons (Fsp3) is 0.590. The number of aromatic nitrogens is 2. The van der Waals surface area contributed by atoms with Crippen LogP contribution < -0.4 is 21.3 Å². The Morgan fingerprint density at radius 1 is 0.926 bits per heavy atom. The van der Waals surface area contributed by atoms with Crippen molar-refractivity contribution in [1.29, 1.82) is 0 Å². The fourth-order valence-corrected chi connectivity index (χ4v) is 7.95. The van der Waals surface area contributed by atoms with E-state index in [2.05, 4.69) is 31.2 Å². The van der Waals surface area contributed by atoms with E-state index in [-0.39, 0.29) is 37.2 Å². The summed E-state index contributed by atoms with van der Waals surface area (Å²) in [5.41, 5.74) is -0.101. The van der Waals surface area contributed by atoms with Crippen LogP contribution in [0.25, 0.3) is 0 Å². The molecule has 13 nitrogen and oxygen atoms in total. The highest BCUT2D eigenvalue weighted by molar-refractivity contribution is 6.38. The number of carbonyl (C=O) groups is 6. The molecular formula is C39H51Cl2N7O6. The number of ketones is 1. The van der Waals surface area contributed by atoms with Crippen molar-refractivity contribution in [3.05, 3.63) is 58.1 Å². The van der Waals surface area contributed by atoms with Crippen molar-refractivity contribution in [1.82, 2.24) is 36.1 Å². The maximum atomic E-state index is 14.6. The molecule has 1 aliphatic heterocycles. The molecule has 4 N–H and O–H groups in total. The normalized spacial score (nSPS) is 20.7. The second kappa shape index (κ2) is 18.0. The van der Waals surface area contributed by atoms with Crippen molar-refractivity contribution in [3.63, 3.8) is 0 Å². The van der Waals surface area contributed by atoms with Gasteiger partial charge in [0, 0.05) is 47.5 Å². The Balaban J connectivity index is 1.39. The molecule has 2 saturated carbocycles. The molecule has 5 atom stereocenters. The van der Waals surface area contributed by atoms with E-state index in [1.807, 2.05) is 27.7 Å². The average Bonchev–Trinajstić information content (AvgIpc) is 3.85. The quantitative estimate of drug-likeness (QED) is 0.204. The molecule has 2 heterocycles. The Kier molecular flexibility index (Phi) is 13.7. The zero-order chi connectivity index (χ0) is 39.2. The number of likely N-dealkylation sites (tertiary alicyclic amines) is 1. The number of rotatable bonds is 14. The number of hydrogen-bond acceptors (Lipinski definition) is 8. The van der Waals surface area contributed by atoms with Crippen molar-refractivity contribution in [3.8, 4) is 0 Å². The predicted molar refractivity (Wildman–Crippen MR) is 204 cm³/mol. The van der Waals surface area contributed by atoms with Crippen LogP contribution in [-0.4, -0.2) is 87.4 Å². The molecule has 0 radical (unpaired) electrons. The molecule has 54 heavy (non-hydrogen) atoms. The van der Waals surface area contributed by atoms with Gasteiger partial charge in [0.25, 0.3) is 11.8 Å². The summed E-state index contributed by atoms with van der Waals surface area (Å²) in [6, 6.07) is 1.94. The second-order valence-electron chi connectivity index (χ2n) is 15.8. The van der Waals surface area contributed by atoms with Gasteiger partial charge in [-0.05, 0) is 61.1 Å². The van der Waals surface area contributed by atoms with Crippen LogP contribution in [0, 0.1) is 17.3 Å². The van der Waals surface area contributed by atoms with Gasteiger partial charge in [0.05, 0.1) is 18.2 Å². The van der Waals surface area contributed by atoms with E-state index in [0.29, 0.717) is 22.0 Å². The molecule has 0 spiro atoms. The van der Waals surface area contributed by atoms with Gasteiger partial charge < -0.3 is 26.2 Å². The lowest BCUT2D eigenvalue weighted by Crippen LogP contribution is -2.60. The fourth-order valence-electron chi connectivity index (χ4n) is 7.41. The van der Waals surface area contributed by atoms with Gasteiger partial charge in [0.2, 0.25) is 23.5 Å². The first-order valence-corrected chi connectivity index (χ1v) is 19.7. The Morgan fingerprint density at radius 2 is 1.65 bits per heavy atom.